The molecular formula is C26H26ClFO. The lowest BCUT2D eigenvalue weighted by molar-refractivity contribution is -0.120. The molecule has 29 heavy (non-hydrogen) atoms. The Hall–Kier alpha value is -2.19. The number of allylic oxidation sites excluding steroid dienone is 4. The van der Waals surface area contributed by atoms with Crippen molar-refractivity contribution in [1.29, 1.82) is 0 Å². The molecule has 1 atom stereocenters. The van der Waals surface area contributed by atoms with Gasteiger partial charge in [0, 0.05) is 5.57 Å². The number of rotatable bonds is 5. The number of ketones is 1. The molecule has 0 heterocycles. The van der Waals surface area contributed by atoms with Gasteiger partial charge in [-0.05, 0) is 85.4 Å². The zero-order valence-corrected chi connectivity index (χ0v) is 17.9. The zero-order chi connectivity index (χ0) is 20.8. The van der Waals surface area contributed by atoms with E-state index in [1.165, 1.54) is 17.2 Å². The maximum absolute atomic E-state index is 14.0. The maximum Gasteiger partial charge on any atom is 0.174 e. The first kappa shape index (κ1) is 20.1. The minimum atomic E-state index is -0.714. The lowest BCUT2D eigenvalue weighted by atomic mass is 9.63. The average Bonchev–Trinajstić information content (AvgIpc) is 3.53. The van der Waals surface area contributed by atoms with Gasteiger partial charge in [0.15, 0.2) is 5.78 Å². The largest absolute Gasteiger partial charge is 0.293 e. The van der Waals surface area contributed by atoms with Crippen LogP contribution in [-0.2, 0) is 16.6 Å². The van der Waals surface area contributed by atoms with Gasteiger partial charge in [-0.1, -0.05) is 54.9 Å². The minimum Gasteiger partial charge on any atom is -0.293 e. The lowest BCUT2D eigenvalue weighted by Gasteiger charge is -2.38. The summed E-state index contributed by atoms with van der Waals surface area (Å²) in [6.45, 7) is 6.18. The van der Waals surface area contributed by atoms with Crippen molar-refractivity contribution in [3.63, 3.8) is 0 Å². The first-order chi connectivity index (χ1) is 13.9. The van der Waals surface area contributed by atoms with E-state index in [-0.39, 0.29) is 10.8 Å². The molecule has 3 heteroatoms. The molecule has 0 spiro atoms. The van der Waals surface area contributed by atoms with Crippen LogP contribution in [0.4, 0.5) is 4.39 Å². The minimum absolute atomic E-state index is 0.0964. The lowest BCUT2D eigenvalue weighted by Crippen LogP contribution is -2.40. The fourth-order valence-electron chi connectivity index (χ4n) is 4.68. The average molecular weight is 409 g/mol. The Morgan fingerprint density at radius 1 is 1.24 bits per heavy atom. The highest BCUT2D eigenvalue weighted by Crippen LogP contribution is 2.52. The van der Waals surface area contributed by atoms with Crippen LogP contribution in [0.3, 0.4) is 0 Å². The Kier molecular flexibility index (Phi) is 5.25. The summed E-state index contributed by atoms with van der Waals surface area (Å²) in [6.07, 6.45) is 5.82. The molecular weight excluding hydrogens is 383 g/mol. The number of hydrogen-bond acceptors (Lipinski definition) is 1. The Morgan fingerprint density at radius 2 is 1.97 bits per heavy atom. The molecule has 1 saturated carbocycles. The number of hydrogen-bond donors (Lipinski definition) is 0. The summed E-state index contributed by atoms with van der Waals surface area (Å²) < 4.78 is 13.7. The molecule has 1 nitrogen and oxygen atoms in total. The predicted molar refractivity (Wildman–Crippen MR) is 118 cm³/mol. The van der Waals surface area contributed by atoms with Crippen LogP contribution in [0.1, 0.15) is 56.7 Å². The molecule has 0 aliphatic heterocycles. The summed E-state index contributed by atoms with van der Waals surface area (Å²) in [7, 11) is 0. The quantitative estimate of drug-likeness (QED) is 0.516. The molecule has 0 amide bonds. The number of benzene rings is 2. The van der Waals surface area contributed by atoms with Crippen LogP contribution in [0, 0.1) is 11.7 Å². The van der Waals surface area contributed by atoms with E-state index in [0.717, 1.165) is 41.5 Å². The van der Waals surface area contributed by atoms with E-state index < -0.39 is 11.2 Å². The van der Waals surface area contributed by atoms with Crippen LogP contribution in [0.5, 0.6) is 0 Å². The van der Waals surface area contributed by atoms with Crippen molar-refractivity contribution < 1.29 is 9.18 Å². The van der Waals surface area contributed by atoms with Gasteiger partial charge in [-0.25, -0.2) is 4.39 Å². The Bertz CT molecular complexity index is 1040. The highest BCUT2D eigenvalue weighted by molar-refractivity contribution is 6.30. The van der Waals surface area contributed by atoms with Crippen molar-refractivity contribution in [2.24, 2.45) is 5.92 Å². The van der Waals surface area contributed by atoms with Crippen LogP contribution in [0.2, 0.25) is 5.02 Å². The van der Waals surface area contributed by atoms with Crippen LogP contribution in [-0.4, -0.2) is 5.78 Å². The normalized spacial score (nSPS) is 22.1. The predicted octanol–water partition coefficient (Wildman–Crippen LogP) is 7.08. The Balaban J connectivity index is 1.90. The molecule has 1 fully saturated rings. The van der Waals surface area contributed by atoms with Crippen molar-refractivity contribution in [3.8, 4) is 0 Å². The molecule has 1 unspecified atom stereocenters. The molecule has 2 aliphatic rings. The van der Waals surface area contributed by atoms with E-state index in [4.69, 9.17) is 11.6 Å². The van der Waals surface area contributed by atoms with E-state index in [9.17, 15) is 9.18 Å². The van der Waals surface area contributed by atoms with Gasteiger partial charge in [0.25, 0.3) is 0 Å². The van der Waals surface area contributed by atoms with Crippen molar-refractivity contribution in [2.45, 2.75) is 51.9 Å². The Morgan fingerprint density at radius 3 is 2.62 bits per heavy atom. The summed E-state index contributed by atoms with van der Waals surface area (Å²) in [5.41, 5.74) is 5.61. The second-order valence-corrected chi connectivity index (χ2v) is 8.90. The number of carbonyl (C=O) groups excluding carboxylic acids is 1. The SMILES string of the molecule is CC/C=C(/C)C1=C(C2CC2)c2ccccc2C(C)(Cc2ccc(F)c(Cl)c2)C1=O. The van der Waals surface area contributed by atoms with E-state index >= 15 is 0 Å². The third-order valence-electron chi connectivity index (χ3n) is 6.24. The molecule has 0 radical (unpaired) electrons. The first-order valence-electron chi connectivity index (χ1n) is 10.4. The first-order valence-corrected chi connectivity index (χ1v) is 10.7. The fourth-order valence-corrected chi connectivity index (χ4v) is 4.89. The third kappa shape index (κ3) is 3.48. The summed E-state index contributed by atoms with van der Waals surface area (Å²) in [5, 5.41) is 0.0964. The molecule has 2 aromatic rings. The summed E-state index contributed by atoms with van der Waals surface area (Å²) in [6, 6.07) is 13.1. The van der Waals surface area contributed by atoms with Gasteiger partial charge >= 0.3 is 0 Å². The van der Waals surface area contributed by atoms with Crippen LogP contribution in [0.15, 0.2) is 59.7 Å². The second-order valence-electron chi connectivity index (χ2n) is 8.49. The Labute approximate surface area is 177 Å². The molecule has 0 N–H and O–H groups in total. The van der Waals surface area contributed by atoms with Gasteiger partial charge in [-0.2, -0.15) is 0 Å². The van der Waals surface area contributed by atoms with Gasteiger partial charge in [-0.15, -0.1) is 0 Å². The van der Waals surface area contributed by atoms with Gasteiger partial charge in [0.2, 0.25) is 0 Å². The monoisotopic (exact) mass is 408 g/mol. The standard InChI is InChI=1S/C26H26ClFO/c1-4-7-16(2)23-24(18-11-12-18)19-8-5-6-9-20(19)26(3,25(23)29)15-17-10-13-22(28)21(27)14-17/h5-10,13-14,18H,4,11-12,15H2,1-3H3/b16-7-. The van der Waals surface area contributed by atoms with Gasteiger partial charge < -0.3 is 0 Å². The van der Waals surface area contributed by atoms with Crippen molar-refractivity contribution in [2.75, 3.05) is 0 Å². The number of fused-ring (bicyclic) bond motifs is 1. The highest BCUT2D eigenvalue weighted by Gasteiger charge is 2.46. The summed E-state index contributed by atoms with van der Waals surface area (Å²) in [4.78, 5) is 14.0. The smallest absolute Gasteiger partial charge is 0.174 e. The fraction of sp³-hybridized carbons (Fsp3) is 0.346. The van der Waals surface area contributed by atoms with Crippen LogP contribution < -0.4 is 0 Å². The number of Topliss-reactive ketones (excluding diaryl/α,β-unsaturated/α-hetero) is 1. The highest BCUT2D eigenvalue weighted by atomic mass is 35.5. The molecule has 2 aromatic carbocycles. The van der Waals surface area contributed by atoms with Gasteiger partial charge in [0.05, 0.1) is 10.4 Å². The maximum atomic E-state index is 14.0. The van der Waals surface area contributed by atoms with E-state index in [1.54, 1.807) is 12.1 Å². The molecule has 0 aromatic heterocycles. The number of carbonyl (C=O) groups is 1. The molecule has 2 aliphatic carbocycles. The molecule has 4 rings (SSSR count). The number of halogens is 2. The van der Waals surface area contributed by atoms with E-state index in [1.807, 2.05) is 13.0 Å². The topological polar surface area (TPSA) is 17.1 Å². The third-order valence-corrected chi connectivity index (χ3v) is 6.53. The van der Waals surface area contributed by atoms with Gasteiger partial charge in [0.1, 0.15) is 5.82 Å². The van der Waals surface area contributed by atoms with E-state index in [0.29, 0.717) is 12.3 Å². The van der Waals surface area contributed by atoms with Crippen molar-refractivity contribution in [3.05, 3.63) is 87.2 Å². The van der Waals surface area contributed by atoms with E-state index in [2.05, 4.69) is 38.1 Å². The zero-order valence-electron chi connectivity index (χ0n) is 17.2. The van der Waals surface area contributed by atoms with Crippen LogP contribution in [0.25, 0.3) is 5.57 Å². The molecule has 150 valence electrons. The summed E-state index contributed by atoms with van der Waals surface area (Å²) in [5.74, 6) is 0.204. The summed E-state index contributed by atoms with van der Waals surface area (Å²) >= 11 is 6.03. The second kappa shape index (κ2) is 7.57. The van der Waals surface area contributed by atoms with Crippen molar-refractivity contribution >= 4 is 23.0 Å². The molecule has 0 saturated heterocycles. The van der Waals surface area contributed by atoms with Crippen LogP contribution >= 0.6 is 11.6 Å². The van der Waals surface area contributed by atoms with Gasteiger partial charge in [-0.3, -0.25) is 4.79 Å². The van der Waals surface area contributed by atoms with Crippen molar-refractivity contribution in [1.82, 2.24) is 0 Å². The molecule has 0 bridgehead atoms.